The lowest BCUT2D eigenvalue weighted by Crippen LogP contribution is -2.56. The quantitative estimate of drug-likeness (QED) is 0.655. The van der Waals surface area contributed by atoms with Crippen LogP contribution < -0.4 is 9.64 Å². The van der Waals surface area contributed by atoms with Crippen molar-refractivity contribution in [3.05, 3.63) is 54.2 Å². The number of amides is 1. The third-order valence-corrected chi connectivity index (χ3v) is 5.44. The van der Waals surface area contributed by atoms with Gasteiger partial charge in [0, 0.05) is 37.8 Å². The van der Waals surface area contributed by atoms with Crippen LogP contribution in [0.2, 0.25) is 0 Å². The van der Waals surface area contributed by atoms with Gasteiger partial charge in [-0.15, -0.1) is 4.80 Å². The lowest BCUT2D eigenvalue weighted by atomic mass is 9.93. The number of hydrogen-bond donors (Lipinski definition) is 0. The zero-order valence-electron chi connectivity index (χ0n) is 15.6. The second-order valence-corrected chi connectivity index (χ2v) is 7.04. The Morgan fingerprint density at radius 2 is 1.97 bits per heavy atom. The first kappa shape index (κ1) is 17.5. The van der Waals surface area contributed by atoms with Gasteiger partial charge < -0.3 is 14.5 Å². The van der Waals surface area contributed by atoms with Crippen LogP contribution in [0, 0.1) is 11.7 Å². The molecule has 9 nitrogen and oxygen atoms in total. The van der Waals surface area contributed by atoms with E-state index in [1.807, 2.05) is 0 Å². The first-order valence-corrected chi connectivity index (χ1v) is 9.24. The molecule has 2 saturated heterocycles. The molecule has 1 amide bonds. The topological polar surface area (TPSA) is 89.3 Å². The van der Waals surface area contributed by atoms with E-state index in [9.17, 15) is 9.18 Å². The highest BCUT2D eigenvalue weighted by Crippen LogP contribution is 2.36. The Balaban J connectivity index is 1.38. The Morgan fingerprint density at radius 3 is 2.76 bits per heavy atom. The summed E-state index contributed by atoms with van der Waals surface area (Å²) in [7, 11) is 1.56. The van der Waals surface area contributed by atoms with Crippen LogP contribution in [-0.2, 0) is 0 Å². The van der Waals surface area contributed by atoms with Crippen LogP contribution >= 0.6 is 0 Å². The van der Waals surface area contributed by atoms with Gasteiger partial charge in [-0.1, -0.05) is 6.07 Å². The fourth-order valence-electron chi connectivity index (χ4n) is 4.01. The Morgan fingerprint density at radius 1 is 1.14 bits per heavy atom. The molecule has 2 aliphatic rings. The number of nitrogens with zero attached hydrogens (tertiary/aromatic N) is 7. The molecule has 29 heavy (non-hydrogen) atoms. The standard InChI is InChI=1S/C19H18FN7O2/c1-29-16-5-6-21-19(24-16)26-10-12-9-25(11-15(12)26)18(28)13-3-2-4-14(20)17(13)27-22-7-8-23-27/h2-8,12,15H,9-11H2,1H3. The predicted octanol–water partition coefficient (Wildman–Crippen LogP) is 1.17. The third-order valence-electron chi connectivity index (χ3n) is 5.44. The number of hydrogen-bond acceptors (Lipinski definition) is 7. The summed E-state index contributed by atoms with van der Waals surface area (Å²) < 4.78 is 19.6. The van der Waals surface area contributed by atoms with Gasteiger partial charge >= 0.3 is 0 Å². The van der Waals surface area contributed by atoms with Crippen LogP contribution in [0.25, 0.3) is 5.69 Å². The Kier molecular flexibility index (Phi) is 4.11. The molecule has 0 N–H and O–H groups in total. The van der Waals surface area contributed by atoms with Gasteiger partial charge in [0.15, 0.2) is 5.82 Å². The van der Waals surface area contributed by atoms with Crippen LogP contribution in [0.3, 0.4) is 0 Å². The maximum Gasteiger partial charge on any atom is 0.256 e. The molecule has 2 aliphatic heterocycles. The molecule has 0 spiro atoms. The average molecular weight is 395 g/mol. The lowest BCUT2D eigenvalue weighted by Gasteiger charge is -2.43. The first-order valence-electron chi connectivity index (χ1n) is 9.24. The molecule has 2 unspecified atom stereocenters. The zero-order valence-corrected chi connectivity index (χ0v) is 15.6. The molecule has 0 radical (unpaired) electrons. The van der Waals surface area contributed by atoms with E-state index in [4.69, 9.17) is 4.74 Å². The Hall–Kier alpha value is -3.56. The van der Waals surface area contributed by atoms with E-state index in [0.717, 1.165) is 11.3 Å². The largest absolute Gasteiger partial charge is 0.481 e. The molecule has 1 aromatic carbocycles. The van der Waals surface area contributed by atoms with Crippen LogP contribution in [0.5, 0.6) is 5.88 Å². The number of carbonyl (C=O) groups excluding carboxylic acids is 1. The fourth-order valence-corrected chi connectivity index (χ4v) is 4.01. The summed E-state index contributed by atoms with van der Waals surface area (Å²) >= 11 is 0. The normalized spacial score (nSPS) is 20.3. The molecule has 3 aromatic rings. The SMILES string of the molecule is COc1ccnc(N2CC3CN(C(=O)c4cccc(F)c4-n4nccn4)CC32)n1. The number of aromatic nitrogens is 5. The number of ether oxygens (including phenoxy) is 1. The van der Waals surface area contributed by atoms with Gasteiger partial charge in [0.1, 0.15) is 5.69 Å². The summed E-state index contributed by atoms with van der Waals surface area (Å²) in [5, 5.41) is 7.97. The molecule has 2 aromatic heterocycles. The highest BCUT2D eigenvalue weighted by molar-refractivity contribution is 5.98. The van der Waals surface area contributed by atoms with Crippen LogP contribution in [0.15, 0.2) is 42.9 Å². The number of carbonyl (C=O) groups is 1. The van der Waals surface area contributed by atoms with E-state index in [2.05, 4.69) is 25.1 Å². The van der Waals surface area contributed by atoms with Crippen molar-refractivity contribution in [2.45, 2.75) is 6.04 Å². The number of halogens is 1. The molecular formula is C19H18FN7O2. The minimum absolute atomic E-state index is 0.0646. The molecule has 2 atom stereocenters. The van der Waals surface area contributed by atoms with Crippen molar-refractivity contribution >= 4 is 11.9 Å². The summed E-state index contributed by atoms with van der Waals surface area (Å²) in [6.45, 7) is 1.89. The number of likely N-dealkylation sites (tertiary alicyclic amines) is 1. The number of rotatable bonds is 4. The van der Waals surface area contributed by atoms with Gasteiger partial charge in [0.05, 0.1) is 31.1 Å². The van der Waals surface area contributed by atoms with Gasteiger partial charge in [-0.05, 0) is 12.1 Å². The van der Waals surface area contributed by atoms with Gasteiger partial charge in [0.2, 0.25) is 11.8 Å². The molecule has 0 bridgehead atoms. The molecule has 10 heteroatoms. The average Bonchev–Trinajstić information content (AvgIpc) is 3.36. The van der Waals surface area contributed by atoms with E-state index in [1.54, 1.807) is 30.3 Å². The lowest BCUT2D eigenvalue weighted by molar-refractivity contribution is 0.0788. The van der Waals surface area contributed by atoms with Crippen molar-refractivity contribution in [3.8, 4) is 11.6 Å². The number of fused-ring (bicyclic) bond motifs is 1. The molecule has 2 fully saturated rings. The molecule has 0 aliphatic carbocycles. The van der Waals surface area contributed by atoms with Crippen molar-refractivity contribution in [2.75, 3.05) is 31.6 Å². The zero-order chi connectivity index (χ0) is 20.0. The fraction of sp³-hybridized carbons (Fsp3) is 0.316. The molecular weight excluding hydrogens is 377 g/mol. The number of methoxy groups -OCH3 is 1. The minimum atomic E-state index is -0.541. The number of anilines is 1. The Bertz CT molecular complexity index is 1060. The van der Waals surface area contributed by atoms with Gasteiger partial charge in [-0.3, -0.25) is 4.79 Å². The van der Waals surface area contributed by atoms with E-state index in [0.29, 0.717) is 30.8 Å². The maximum absolute atomic E-state index is 14.5. The van der Waals surface area contributed by atoms with Crippen molar-refractivity contribution in [1.82, 2.24) is 29.9 Å². The third kappa shape index (κ3) is 2.87. The summed E-state index contributed by atoms with van der Waals surface area (Å²) in [5.74, 6) is 0.638. The molecule has 148 valence electrons. The maximum atomic E-state index is 14.5. The predicted molar refractivity (Wildman–Crippen MR) is 100 cm³/mol. The number of para-hydroxylation sites is 1. The summed E-state index contributed by atoms with van der Waals surface area (Å²) in [6.07, 6.45) is 4.55. The van der Waals surface area contributed by atoms with Crippen molar-refractivity contribution in [1.29, 1.82) is 0 Å². The smallest absolute Gasteiger partial charge is 0.256 e. The van der Waals surface area contributed by atoms with Crippen molar-refractivity contribution < 1.29 is 13.9 Å². The molecule has 0 saturated carbocycles. The van der Waals surface area contributed by atoms with Crippen molar-refractivity contribution in [2.24, 2.45) is 5.92 Å². The van der Waals surface area contributed by atoms with E-state index in [1.165, 1.54) is 24.5 Å². The Labute approximate surface area is 165 Å². The van der Waals surface area contributed by atoms with E-state index >= 15 is 0 Å². The van der Waals surface area contributed by atoms with Crippen LogP contribution in [0.1, 0.15) is 10.4 Å². The highest BCUT2D eigenvalue weighted by atomic mass is 19.1. The second kappa shape index (κ2) is 6.80. The van der Waals surface area contributed by atoms with Crippen LogP contribution in [-0.4, -0.2) is 68.6 Å². The second-order valence-electron chi connectivity index (χ2n) is 7.04. The van der Waals surface area contributed by atoms with Gasteiger partial charge in [-0.25, -0.2) is 9.37 Å². The summed E-state index contributed by atoms with van der Waals surface area (Å²) in [4.78, 5) is 26.9. The monoisotopic (exact) mass is 395 g/mol. The number of benzene rings is 1. The molecule has 5 rings (SSSR count). The molecule has 4 heterocycles. The van der Waals surface area contributed by atoms with E-state index in [-0.39, 0.29) is 23.2 Å². The highest BCUT2D eigenvalue weighted by Gasteiger charge is 2.48. The van der Waals surface area contributed by atoms with Crippen LogP contribution in [0.4, 0.5) is 10.3 Å². The first-order chi connectivity index (χ1) is 14.2. The summed E-state index contributed by atoms with van der Waals surface area (Å²) in [6, 6.07) is 6.25. The summed E-state index contributed by atoms with van der Waals surface area (Å²) in [5.41, 5.74) is 0.307. The van der Waals surface area contributed by atoms with E-state index < -0.39 is 5.82 Å². The van der Waals surface area contributed by atoms with Gasteiger partial charge in [-0.2, -0.15) is 15.2 Å². The minimum Gasteiger partial charge on any atom is -0.481 e. The van der Waals surface area contributed by atoms with Gasteiger partial charge in [0.25, 0.3) is 5.91 Å². The van der Waals surface area contributed by atoms with Crippen molar-refractivity contribution in [3.63, 3.8) is 0 Å².